The Morgan fingerprint density at radius 2 is 1.94 bits per heavy atom. The van der Waals surface area contributed by atoms with Crippen molar-refractivity contribution in [3.8, 4) is 0 Å². The van der Waals surface area contributed by atoms with E-state index in [0.717, 1.165) is 0 Å². The molecule has 0 aromatic carbocycles. The Morgan fingerprint density at radius 3 is 2.33 bits per heavy atom. The van der Waals surface area contributed by atoms with Gasteiger partial charge in [0, 0.05) is 28.6 Å². The van der Waals surface area contributed by atoms with Crippen molar-refractivity contribution in [1.82, 2.24) is 5.32 Å². The van der Waals surface area contributed by atoms with E-state index in [2.05, 4.69) is 32.2 Å². The van der Waals surface area contributed by atoms with E-state index in [-0.39, 0.29) is 6.04 Å². The Hall–Kier alpha value is -0.390. The van der Waals surface area contributed by atoms with Crippen LogP contribution in [0.1, 0.15) is 42.1 Å². The third-order valence-electron chi connectivity index (χ3n) is 3.38. The van der Waals surface area contributed by atoms with Crippen LogP contribution in [0.3, 0.4) is 0 Å². The van der Waals surface area contributed by atoms with Gasteiger partial charge < -0.3 is 5.32 Å². The second-order valence-corrected chi connectivity index (χ2v) is 9.61. The van der Waals surface area contributed by atoms with Crippen LogP contribution in [0.4, 0.5) is 0 Å². The van der Waals surface area contributed by atoms with Crippen molar-refractivity contribution >= 4 is 21.2 Å². The van der Waals surface area contributed by atoms with E-state index in [0.29, 0.717) is 6.54 Å². The zero-order chi connectivity index (χ0) is 14.1. The van der Waals surface area contributed by atoms with Gasteiger partial charge in [-0.05, 0) is 46.2 Å². The predicted octanol–water partition coefficient (Wildman–Crippen LogP) is 2.84. The van der Waals surface area contributed by atoms with E-state index < -0.39 is 14.6 Å². The molecule has 1 rings (SSSR count). The fraction of sp³-hybridized carbons (Fsp3) is 0.692. The lowest BCUT2D eigenvalue weighted by Crippen LogP contribution is -2.42. The van der Waals surface area contributed by atoms with Crippen molar-refractivity contribution in [3.05, 3.63) is 21.4 Å². The highest BCUT2D eigenvalue weighted by Crippen LogP contribution is 2.26. The summed E-state index contributed by atoms with van der Waals surface area (Å²) in [6.07, 6.45) is 1.29. The highest BCUT2D eigenvalue weighted by Gasteiger charge is 2.30. The van der Waals surface area contributed by atoms with E-state index in [1.54, 1.807) is 25.2 Å². The molecule has 0 aliphatic rings. The summed E-state index contributed by atoms with van der Waals surface area (Å²) in [5, 5.41) is 3.33. The smallest absolute Gasteiger partial charge is 0.153 e. The molecule has 0 spiro atoms. The molecule has 5 heteroatoms. The van der Waals surface area contributed by atoms with Crippen LogP contribution in [-0.4, -0.2) is 26.0 Å². The van der Waals surface area contributed by atoms with Crippen LogP contribution in [0.15, 0.2) is 6.07 Å². The summed E-state index contributed by atoms with van der Waals surface area (Å²) in [7, 11) is -3.05. The zero-order valence-electron chi connectivity index (χ0n) is 12.0. The molecule has 0 amide bonds. The number of thiophene rings is 1. The van der Waals surface area contributed by atoms with Crippen LogP contribution in [0.5, 0.6) is 0 Å². The first kappa shape index (κ1) is 15.7. The Labute approximate surface area is 115 Å². The molecular formula is C13H23NO2S2. The third-order valence-corrected chi connectivity index (χ3v) is 6.52. The van der Waals surface area contributed by atoms with Crippen molar-refractivity contribution in [3.63, 3.8) is 0 Å². The van der Waals surface area contributed by atoms with Gasteiger partial charge in [0.2, 0.25) is 0 Å². The van der Waals surface area contributed by atoms with Crippen LogP contribution in [0.2, 0.25) is 0 Å². The summed E-state index contributed by atoms with van der Waals surface area (Å²) in [6.45, 7) is 10.2. The van der Waals surface area contributed by atoms with Crippen LogP contribution in [0, 0.1) is 13.8 Å². The van der Waals surface area contributed by atoms with Crippen LogP contribution in [0.25, 0.3) is 0 Å². The molecule has 104 valence electrons. The molecule has 0 radical (unpaired) electrons. The molecule has 1 heterocycles. The minimum atomic E-state index is -3.05. The number of aryl methyl sites for hydroxylation is 2. The van der Waals surface area contributed by atoms with Gasteiger partial charge in [0.15, 0.2) is 9.84 Å². The summed E-state index contributed by atoms with van der Waals surface area (Å²) in [5.74, 6) is 0. The second-order valence-electron chi connectivity index (χ2n) is 5.50. The van der Waals surface area contributed by atoms with Gasteiger partial charge in [-0.15, -0.1) is 11.3 Å². The topological polar surface area (TPSA) is 46.2 Å². The highest BCUT2D eigenvalue weighted by molar-refractivity contribution is 7.92. The maximum atomic E-state index is 11.6. The van der Waals surface area contributed by atoms with E-state index in [9.17, 15) is 8.42 Å². The molecule has 3 nitrogen and oxygen atoms in total. The quantitative estimate of drug-likeness (QED) is 0.906. The third kappa shape index (κ3) is 3.56. The molecule has 0 bridgehead atoms. The van der Waals surface area contributed by atoms with Crippen molar-refractivity contribution in [2.24, 2.45) is 0 Å². The molecule has 1 unspecified atom stereocenters. The molecule has 0 fully saturated rings. The standard InChI is InChI=1S/C13H23NO2S2/c1-9-7-12(11(3)17-9)10(2)14-8-13(4,5)18(6,15)16/h7,10,14H,8H2,1-6H3. The van der Waals surface area contributed by atoms with E-state index >= 15 is 0 Å². The molecule has 0 aliphatic carbocycles. The SMILES string of the molecule is Cc1cc(C(C)NCC(C)(C)S(C)(=O)=O)c(C)s1. The molecule has 1 aromatic heterocycles. The molecule has 1 atom stereocenters. The molecule has 1 N–H and O–H groups in total. The number of sulfone groups is 1. The van der Waals surface area contributed by atoms with Gasteiger partial charge in [-0.1, -0.05) is 0 Å². The number of nitrogens with one attached hydrogen (secondary N) is 1. The number of hydrogen-bond acceptors (Lipinski definition) is 4. The summed E-state index contributed by atoms with van der Waals surface area (Å²) in [6, 6.07) is 2.35. The van der Waals surface area contributed by atoms with Gasteiger partial charge >= 0.3 is 0 Å². The highest BCUT2D eigenvalue weighted by atomic mass is 32.2. The molecule has 1 aromatic rings. The summed E-state index contributed by atoms with van der Waals surface area (Å²) < 4.78 is 22.5. The van der Waals surface area contributed by atoms with Crippen molar-refractivity contribution < 1.29 is 8.42 Å². The van der Waals surface area contributed by atoms with Crippen molar-refractivity contribution in [2.75, 3.05) is 12.8 Å². The van der Waals surface area contributed by atoms with E-state index in [1.165, 1.54) is 21.6 Å². The average molecular weight is 289 g/mol. The average Bonchev–Trinajstić information content (AvgIpc) is 2.53. The van der Waals surface area contributed by atoms with Gasteiger partial charge in [-0.25, -0.2) is 8.42 Å². The van der Waals surface area contributed by atoms with Gasteiger partial charge in [0.05, 0.1) is 4.75 Å². The molecule has 0 aliphatic heterocycles. The number of rotatable bonds is 5. The predicted molar refractivity (Wildman–Crippen MR) is 79.1 cm³/mol. The normalized spacial score (nSPS) is 14.8. The first-order valence-corrected chi connectivity index (χ1v) is 8.75. The lowest BCUT2D eigenvalue weighted by atomic mass is 10.1. The van der Waals surface area contributed by atoms with Crippen LogP contribution >= 0.6 is 11.3 Å². The molecule has 18 heavy (non-hydrogen) atoms. The van der Waals surface area contributed by atoms with Crippen molar-refractivity contribution in [2.45, 2.75) is 45.4 Å². The maximum absolute atomic E-state index is 11.6. The Balaban J connectivity index is 2.73. The minimum Gasteiger partial charge on any atom is -0.309 e. The zero-order valence-corrected chi connectivity index (χ0v) is 13.6. The lowest BCUT2D eigenvalue weighted by Gasteiger charge is -2.25. The summed E-state index contributed by atoms with van der Waals surface area (Å²) in [5.41, 5.74) is 1.27. The van der Waals surface area contributed by atoms with Gasteiger partial charge in [0.25, 0.3) is 0 Å². The fourth-order valence-electron chi connectivity index (χ4n) is 1.72. The molecule has 0 saturated heterocycles. The van der Waals surface area contributed by atoms with E-state index in [1.807, 2.05) is 0 Å². The Morgan fingerprint density at radius 1 is 1.39 bits per heavy atom. The van der Waals surface area contributed by atoms with Gasteiger partial charge in [-0.2, -0.15) is 0 Å². The largest absolute Gasteiger partial charge is 0.309 e. The number of hydrogen-bond donors (Lipinski definition) is 1. The van der Waals surface area contributed by atoms with Gasteiger partial charge in [-0.3, -0.25) is 0 Å². The van der Waals surface area contributed by atoms with Crippen molar-refractivity contribution in [1.29, 1.82) is 0 Å². The minimum absolute atomic E-state index is 0.177. The Bertz CT molecular complexity index is 515. The van der Waals surface area contributed by atoms with Crippen LogP contribution in [-0.2, 0) is 9.84 Å². The first-order chi connectivity index (χ1) is 8.04. The molecule has 0 saturated carbocycles. The maximum Gasteiger partial charge on any atom is 0.153 e. The lowest BCUT2D eigenvalue weighted by molar-refractivity contribution is 0.488. The van der Waals surface area contributed by atoms with Gasteiger partial charge in [0.1, 0.15) is 0 Å². The van der Waals surface area contributed by atoms with E-state index in [4.69, 9.17) is 0 Å². The monoisotopic (exact) mass is 289 g/mol. The first-order valence-electron chi connectivity index (χ1n) is 6.04. The molecular weight excluding hydrogens is 266 g/mol. The summed E-state index contributed by atoms with van der Waals surface area (Å²) in [4.78, 5) is 2.59. The Kier molecular flexibility index (Phi) is 4.62. The van der Waals surface area contributed by atoms with Crippen LogP contribution < -0.4 is 5.32 Å². The fourth-order valence-corrected chi connectivity index (χ4v) is 3.09. The second kappa shape index (κ2) is 5.31. The summed E-state index contributed by atoms with van der Waals surface area (Å²) >= 11 is 1.78.